The van der Waals surface area contributed by atoms with Crippen LogP contribution in [0.3, 0.4) is 0 Å². The number of amides is 1. The molecule has 0 spiro atoms. The Morgan fingerprint density at radius 2 is 1.85 bits per heavy atom. The lowest BCUT2D eigenvalue weighted by molar-refractivity contribution is -0.117. The summed E-state index contributed by atoms with van der Waals surface area (Å²) >= 11 is 0. The Kier molecular flexibility index (Phi) is 7.64. The van der Waals surface area contributed by atoms with Crippen molar-refractivity contribution < 1.29 is 17.9 Å². The van der Waals surface area contributed by atoms with E-state index in [2.05, 4.69) is 10.2 Å². The highest BCUT2D eigenvalue weighted by molar-refractivity contribution is 7.89. The number of hydrogen-bond acceptors (Lipinski definition) is 5. The monoisotopic (exact) mass is 397 g/mol. The van der Waals surface area contributed by atoms with Gasteiger partial charge in [-0.2, -0.15) is 4.31 Å². The van der Waals surface area contributed by atoms with Crippen LogP contribution >= 0.6 is 0 Å². The minimum absolute atomic E-state index is 0.0931. The first-order valence-electron chi connectivity index (χ1n) is 9.61. The number of hydrogen-bond donors (Lipinski definition) is 1. The number of nitrogens with zero attached hydrogens (tertiary/aromatic N) is 2. The molecule has 1 heterocycles. The van der Waals surface area contributed by atoms with Crippen LogP contribution in [0.1, 0.15) is 40.5 Å². The molecule has 0 aliphatic carbocycles. The molecule has 27 heavy (non-hydrogen) atoms. The van der Waals surface area contributed by atoms with Crippen molar-refractivity contribution in [1.29, 1.82) is 0 Å². The summed E-state index contributed by atoms with van der Waals surface area (Å²) in [6, 6.07) is 4.64. The molecule has 1 aliphatic heterocycles. The molecular formula is C19H31N3O4S. The number of anilines is 1. The zero-order valence-corrected chi connectivity index (χ0v) is 17.5. The van der Waals surface area contributed by atoms with Crippen molar-refractivity contribution >= 4 is 21.6 Å². The van der Waals surface area contributed by atoms with Crippen LogP contribution in [-0.4, -0.2) is 62.4 Å². The summed E-state index contributed by atoms with van der Waals surface area (Å²) < 4.78 is 32.8. The van der Waals surface area contributed by atoms with Crippen molar-refractivity contribution in [2.45, 2.75) is 51.5 Å². The summed E-state index contributed by atoms with van der Waals surface area (Å²) in [6.45, 7) is 10.3. The van der Waals surface area contributed by atoms with Gasteiger partial charge in [0.05, 0.1) is 23.2 Å². The van der Waals surface area contributed by atoms with E-state index in [-0.39, 0.29) is 16.9 Å². The maximum atomic E-state index is 12.8. The summed E-state index contributed by atoms with van der Waals surface area (Å²) in [5.41, 5.74) is 0.390. The molecule has 1 fully saturated rings. The van der Waals surface area contributed by atoms with Gasteiger partial charge in [0.15, 0.2) is 0 Å². The number of likely N-dealkylation sites (tertiary alicyclic amines) is 1. The van der Waals surface area contributed by atoms with Crippen LogP contribution in [0.25, 0.3) is 0 Å². The second-order valence-electron chi connectivity index (χ2n) is 6.95. The van der Waals surface area contributed by atoms with Crippen LogP contribution in [0.2, 0.25) is 0 Å². The molecule has 0 radical (unpaired) electrons. The number of carbonyl (C=O) groups is 1. The van der Waals surface area contributed by atoms with Crippen molar-refractivity contribution in [2.75, 3.05) is 38.0 Å². The Morgan fingerprint density at radius 1 is 1.22 bits per heavy atom. The van der Waals surface area contributed by atoms with Crippen LogP contribution in [0.4, 0.5) is 5.69 Å². The van der Waals surface area contributed by atoms with Gasteiger partial charge in [0.1, 0.15) is 5.75 Å². The lowest BCUT2D eigenvalue weighted by Gasteiger charge is -2.21. The number of carbonyl (C=O) groups excluding carboxylic acids is 1. The lowest BCUT2D eigenvalue weighted by atomic mass is 10.2. The molecule has 0 atom stereocenters. The highest BCUT2D eigenvalue weighted by Gasteiger charge is 2.24. The molecule has 0 unspecified atom stereocenters. The summed E-state index contributed by atoms with van der Waals surface area (Å²) in [6.07, 6.45) is 2.11. The minimum atomic E-state index is -3.61. The molecule has 0 bridgehead atoms. The van der Waals surface area contributed by atoms with Gasteiger partial charge in [0.2, 0.25) is 15.9 Å². The second-order valence-corrected chi connectivity index (χ2v) is 8.88. The third-order valence-electron chi connectivity index (χ3n) is 4.50. The first-order valence-corrected chi connectivity index (χ1v) is 11.0. The van der Waals surface area contributed by atoms with Gasteiger partial charge in [0, 0.05) is 13.1 Å². The highest BCUT2D eigenvalue weighted by atomic mass is 32.2. The van der Waals surface area contributed by atoms with E-state index < -0.39 is 10.0 Å². The second kappa shape index (κ2) is 9.52. The SMILES string of the molecule is CCN(CC)S(=O)(=O)c1ccc(OC(C)C)c(NC(=O)CN2CCCC2)c1. The fraction of sp³-hybridized carbons (Fsp3) is 0.632. The largest absolute Gasteiger partial charge is 0.489 e. The molecule has 1 aromatic rings. The van der Waals surface area contributed by atoms with E-state index in [9.17, 15) is 13.2 Å². The average Bonchev–Trinajstić information content (AvgIpc) is 3.09. The molecule has 8 heteroatoms. The Labute approximate surface area is 162 Å². The number of benzene rings is 1. The van der Waals surface area contributed by atoms with E-state index in [0.717, 1.165) is 25.9 Å². The Hall–Kier alpha value is -1.64. The van der Waals surface area contributed by atoms with Gasteiger partial charge in [-0.3, -0.25) is 9.69 Å². The van der Waals surface area contributed by atoms with Gasteiger partial charge in [0.25, 0.3) is 0 Å². The van der Waals surface area contributed by atoms with Crippen LogP contribution in [0.5, 0.6) is 5.75 Å². The van der Waals surface area contributed by atoms with Crippen molar-refractivity contribution in [3.05, 3.63) is 18.2 Å². The number of rotatable bonds is 9. The number of nitrogens with one attached hydrogen (secondary N) is 1. The maximum Gasteiger partial charge on any atom is 0.243 e. The molecule has 1 aromatic carbocycles. The molecule has 1 saturated heterocycles. The predicted molar refractivity (Wildman–Crippen MR) is 107 cm³/mol. The van der Waals surface area contributed by atoms with Gasteiger partial charge in [-0.1, -0.05) is 13.8 Å². The van der Waals surface area contributed by atoms with Gasteiger partial charge >= 0.3 is 0 Å². The first-order chi connectivity index (χ1) is 12.8. The Balaban J connectivity index is 2.29. The van der Waals surface area contributed by atoms with E-state index in [4.69, 9.17) is 4.74 Å². The highest BCUT2D eigenvalue weighted by Crippen LogP contribution is 2.30. The van der Waals surface area contributed by atoms with E-state index >= 15 is 0 Å². The molecule has 1 aliphatic rings. The number of ether oxygens (including phenoxy) is 1. The van der Waals surface area contributed by atoms with Crippen molar-refractivity contribution in [3.8, 4) is 5.75 Å². The summed E-state index contributed by atoms with van der Waals surface area (Å²) in [5, 5.41) is 2.84. The Bertz CT molecular complexity index is 739. The van der Waals surface area contributed by atoms with E-state index in [1.165, 1.54) is 16.4 Å². The van der Waals surface area contributed by atoms with Crippen molar-refractivity contribution in [3.63, 3.8) is 0 Å². The number of sulfonamides is 1. The van der Waals surface area contributed by atoms with Gasteiger partial charge in [-0.15, -0.1) is 0 Å². The average molecular weight is 398 g/mol. The van der Waals surface area contributed by atoms with Crippen LogP contribution in [0.15, 0.2) is 23.1 Å². The maximum absolute atomic E-state index is 12.8. The van der Waals surface area contributed by atoms with Crippen LogP contribution in [0, 0.1) is 0 Å². The van der Waals surface area contributed by atoms with Gasteiger partial charge in [-0.25, -0.2) is 8.42 Å². The molecule has 0 saturated carbocycles. The summed E-state index contributed by atoms with van der Waals surface area (Å²) in [7, 11) is -3.61. The molecule has 2 rings (SSSR count). The van der Waals surface area contributed by atoms with E-state index in [1.54, 1.807) is 19.9 Å². The first kappa shape index (κ1) is 21.7. The summed E-state index contributed by atoms with van der Waals surface area (Å²) in [5.74, 6) is 0.307. The van der Waals surface area contributed by atoms with Gasteiger partial charge in [-0.05, 0) is 58.0 Å². The van der Waals surface area contributed by atoms with Crippen LogP contribution < -0.4 is 10.1 Å². The third-order valence-corrected chi connectivity index (χ3v) is 6.54. The zero-order valence-electron chi connectivity index (χ0n) is 16.7. The van der Waals surface area contributed by atoms with Crippen molar-refractivity contribution in [1.82, 2.24) is 9.21 Å². The predicted octanol–water partition coefficient (Wildman–Crippen LogP) is 2.54. The fourth-order valence-corrected chi connectivity index (χ4v) is 4.65. The van der Waals surface area contributed by atoms with Crippen molar-refractivity contribution in [2.24, 2.45) is 0 Å². The van der Waals surface area contributed by atoms with Crippen LogP contribution in [-0.2, 0) is 14.8 Å². The normalized spacial score (nSPS) is 15.5. The van der Waals surface area contributed by atoms with E-state index in [1.807, 2.05) is 13.8 Å². The molecule has 152 valence electrons. The molecule has 7 nitrogen and oxygen atoms in total. The Morgan fingerprint density at radius 3 is 2.41 bits per heavy atom. The lowest BCUT2D eigenvalue weighted by Crippen LogP contribution is -2.32. The standard InChI is InChI=1S/C19H31N3O4S/c1-5-22(6-2)27(24,25)16-9-10-18(26-15(3)4)17(13-16)20-19(23)14-21-11-7-8-12-21/h9-10,13,15H,5-8,11-12,14H2,1-4H3,(H,20,23). The smallest absolute Gasteiger partial charge is 0.243 e. The third kappa shape index (κ3) is 5.67. The molecule has 1 amide bonds. The fourth-order valence-electron chi connectivity index (χ4n) is 3.17. The quantitative estimate of drug-likeness (QED) is 0.693. The molecule has 1 N–H and O–H groups in total. The molecule has 0 aromatic heterocycles. The zero-order chi connectivity index (χ0) is 20.0. The van der Waals surface area contributed by atoms with E-state index in [0.29, 0.717) is 31.1 Å². The van der Waals surface area contributed by atoms with Gasteiger partial charge < -0.3 is 10.1 Å². The minimum Gasteiger partial charge on any atom is -0.489 e. The molecular weight excluding hydrogens is 366 g/mol. The topological polar surface area (TPSA) is 79.0 Å². The summed E-state index contributed by atoms with van der Waals surface area (Å²) in [4.78, 5) is 14.7.